The summed E-state index contributed by atoms with van der Waals surface area (Å²) in [5.41, 5.74) is 17.2. The van der Waals surface area contributed by atoms with E-state index in [-0.39, 0.29) is 0 Å². The number of hydrogen-bond donors (Lipinski definition) is 0. The van der Waals surface area contributed by atoms with E-state index in [4.69, 9.17) is 0 Å². The number of benzene rings is 8. The number of hydrogen-bond acceptors (Lipinski definition) is 1. The average Bonchev–Trinajstić information content (AvgIpc) is 3.69. The van der Waals surface area contributed by atoms with Crippen LogP contribution in [-0.4, -0.2) is 4.57 Å². The molecule has 1 aromatic heterocycles. The zero-order chi connectivity index (χ0) is 33.5. The van der Waals surface area contributed by atoms with E-state index < -0.39 is 5.41 Å². The quantitative estimate of drug-likeness (QED) is 0.185. The molecule has 0 fully saturated rings. The highest BCUT2D eigenvalue weighted by Crippen LogP contribution is 2.63. The smallest absolute Gasteiger partial charge is 0.0754 e. The number of nitrogens with zero attached hydrogens (tertiary/aromatic N) is 2. The Morgan fingerprint density at radius 2 is 0.843 bits per heavy atom. The zero-order valence-electron chi connectivity index (χ0n) is 27.9. The van der Waals surface area contributed by atoms with E-state index in [1.54, 1.807) is 0 Å². The summed E-state index contributed by atoms with van der Waals surface area (Å²) in [5, 5.41) is 2.53. The summed E-state index contributed by atoms with van der Waals surface area (Å²) in [6.07, 6.45) is 0. The molecule has 0 amide bonds. The summed E-state index contributed by atoms with van der Waals surface area (Å²) in [7, 11) is 0. The van der Waals surface area contributed by atoms with Gasteiger partial charge < -0.3 is 9.47 Å². The number of rotatable bonds is 3. The van der Waals surface area contributed by atoms with Gasteiger partial charge in [-0.3, -0.25) is 0 Å². The Morgan fingerprint density at radius 1 is 0.333 bits per heavy atom. The van der Waals surface area contributed by atoms with Crippen LogP contribution in [0.15, 0.2) is 194 Å². The molecule has 11 rings (SSSR count). The molecular weight excluding hydrogens is 617 g/mol. The third-order valence-electron chi connectivity index (χ3n) is 11.2. The lowest BCUT2D eigenvalue weighted by molar-refractivity contribution is 0.752. The summed E-state index contributed by atoms with van der Waals surface area (Å²) in [6, 6.07) is 71.4. The maximum atomic E-state index is 2.46. The minimum Gasteiger partial charge on any atom is -0.310 e. The van der Waals surface area contributed by atoms with Crippen LogP contribution in [0.3, 0.4) is 0 Å². The number of para-hydroxylation sites is 4. The van der Waals surface area contributed by atoms with Gasteiger partial charge in [0.15, 0.2) is 0 Å². The van der Waals surface area contributed by atoms with Gasteiger partial charge in [-0.25, -0.2) is 0 Å². The van der Waals surface area contributed by atoms with Crippen LogP contribution in [0.4, 0.5) is 17.1 Å². The van der Waals surface area contributed by atoms with E-state index in [1.807, 2.05) is 0 Å². The second-order valence-corrected chi connectivity index (χ2v) is 13.7. The highest BCUT2D eigenvalue weighted by Gasteiger charge is 2.51. The van der Waals surface area contributed by atoms with Gasteiger partial charge >= 0.3 is 0 Å². The van der Waals surface area contributed by atoms with Crippen molar-refractivity contribution in [3.8, 4) is 27.9 Å². The largest absolute Gasteiger partial charge is 0.310 e. The molecule has 1 aliphatic carbocycles. The predicted octanol–water partition coefficient (Wildman–Crippen LogP) is 12.6. The van der Waals surface area contributed by atoms with Crippen molar-refractivity contribution in [1.82, 2.24) is 4.57 Å². The van der Waals surface area contributed by atoms with Crippen molar-refractivity contribution >= 4 is 38.9 Å². The van der Waals surface area contributed by atoms with E-state index in [0.717, 1.165) is 5.69 Å². The van der Waals surface area contributed by atoms with Gasteiger partial charge in [-0.2, -0.15) is 0 Å². The summed E-state index contributed by atoms with van der Waals surface area (Å²) in [4.78, 5) is 2.46. The molecular formula is C49H32N2. The van der Waals surface area contributed by atoms with Gasteiger partial charge in [0.05, 0.1) is 27.8 Å². The van der Waals surface area contributed by atoms with E-state index in [0.29, 0.717) is 0 Å². The molecule has 2 heteroatoms. The van der Waals surface area contributed by atoms with Crippen LogP contribution in [0, 0.1) is 0 Å². The van der Waals surface area contributed by atoms with E-state index in [9.17, 15) is 0 Å². The minimum atomic E-state index is -0.398. The standard InChI is InChI=1S/C49H32N2/c1-2-14-35(15-3-1)50-45-23-11-6-18-39(45)40-32-34(28-31-46(40)50)33-26-29-36(30-27-33)51-47-24-12-9-21-43(47)49(44-22-10-13-25-48(44)51)41-19-7-4-16-37(41)38-17-5-8-20-42(38)49/h1-32H. The first kappa shape index (κ1) is 28.2. The second-order valence-electron chi connectivity index (χ2n) is 13.7. The molecule has 0 saturated heterocycles. The van der Waals surface area contributed by atoms with Crippen LogP contribution in [0.2, 0.25) is 0 Å². The Kier molecular flexibility index (Phi) is 5.91. The minimum absolute atomic E-state index is 0.398. The molecule has 0 atom stereocenters. The zero-order valence-corrected chi connectivity index (χ0v) is 27.9. The topological polar surface area (TPSA) is 8.17 Å². The number of anilines is 3. The fourth-order valence-electron chi connectivity index (χ4n) is 9.15. The summed E-state index contributed by atoms with van der Waals surface area (Å²) >= 11 is 0. The molecule has 2 nitrogen and oxygen atoms in total. The molecule has 9 aromatic rings. The van der Waals surface area contributed by atoms with Crippen LogP contribution in [-0.2, 0) is 5.41 Å². The Balaban J connectivity index is 1.06. The lowest BCUT2D eigenvalue weighted by atomic mass is 9.64. The summed E-state index contributed by atoms with van der Waals surface area (Å²) in [6.45, 7) is 0. The van der Waals surface area contributed by atoms with Crippen molar-refractivity contribution < 1.29 is 0 Å². The molecule has 238 valence electrons. The fourth-order valence-corrected chi connectivity index (χ4v) is 9.15. The van der Waals surface area contributed by atoms with Gasteiger partial charge in [-0.05, 0) is 99.1 Å². The predicted molar refractivity (Wildman–Crippen MR) is 212 cm³/mol. The monoisotopic (exact) mass is 648 g/mol. The number of fused-ring (bicyclic) bond motifs is 12. The molecule has 0 saturated carbocycles. The Bertz CT molecular complexity index is 2710. The van der Waals surface area contributed by atoms with E-state index in [1.165, 1.54) is 83.4 Å². The molecule has 0 unspecified atom stereocenters. The molecule has 0 bridgehead atoms. The Morgan fingerprint density at radius 3 is 1.51 bits per heavy atom. The molecule has 0 N–H and O–H groups in total. The lowest BCUT2D eigenvalue weighted by Gasteiger charge is -2.45. The maximum Gasteiger partial charge on any atom is 0.0754 e. The highest BCUT2D eigenvalue weighted by molar-refractivity contribution is 6.10. The van der Waals surface area contributed by atoms with Crippen molar-refractivity contribution in [3.63, 3.8) is 0 Å². The summed E-state index contributed by atoms with van der Waals surface area (Å²) in [5.74, 6) is 0. The van der Waals surface area contributed by atoms with Gasteiger partial charge in [0.25, 0.3) is 0 Å². The SMILES string of the molecule is c1ccc(-n2c3ccccc3c3cc(-c4ccc(N5c6ccccc6C6(c7ccccc7-c7ccccc76)c6ccccc65)cc4)ccc32)cc1. The van der Waals surface area contributed by atoms with Gasteiger partial charge in [0, 0.05) is 22.1 Å². The van der Waals surface area contributed by atoms with Crippen molar-refractivity contribution in [2.75, 3.05) is 4.90 Å². The van der Waals surface area contributed by atoms with Crippen LogP contribution >= 0.6 is 0 Å². The first-order valence-corrected chi connectivity index (χ1v) is 17.7. The average molecular weight is 649 g/mol. The molecule has 51 heavy (non-hydrogen) atoms. The second kappa shape index (κ2) is 10.7. The maximum absolute atomic E-state index is 2.46. The van der Waals surface area contributed by atoms with Crippen LogP contribution in [0.1, 0.15) is 22.3 Å². The van der Waals surface area contributed by atoms with Crippen molar-refractivity contribution in [3.05, 3.63) is 216 Å². The highest BCUT2D eigenvalue weighted by atomic mass is 15.2. The van der Waals surface area contributed by atoms with Gasteiger partial charge in [-0.1, -0.05) is 140 Å². The van der Waals surface area contributed by atoms with Gasteiger partial charge in [-0.15, -0.1) is 0 Å². The molecule has 1 spiro atoms. The van der Waals surface area contributed by atoms with Crippen molar-refractivity contribution in [2.24, 2.45) is 0 Å². The van der Waals surface area contributed by atoms with E-state index >= 15 is 0 Å². The van der Waals surface area contributed by atoms with Crippen LogP contribution < -0.4 is 4.90 Å². The molecule has 2 aliphatic rings. The first-order chi connectivity index (χ1) is 25.3. The van der Waals surface area contributed by atoms with Crippen molar-refractivity contribution in [1.29, 1.82) is 0 Å². The van der Waals surface area contributed by atoms with Crippen LogP contribution in [0.5, 0.6) is 0 Å². The number of aromatic nitrogens is 1. The first-order valence-electron chi connectivity index (χ1n) is 17.7. The van der Waals surface area contributed by atoms with E-state index in [2.05, 4.69) is 204 Å². The molecule has 8 aromatic carbocycles. The van der Waals surface area contributed by atoms with Gasteiger partial charge in [0.1, 0.15) is 0 Å². The molecule has 1 aliphatic heterocycles. The lowest BCUT2D eigenvalue weighted by Crippen LogP contribution is -2.36. The molecule has 0 radical (unpaired) electrons. The summed E-state index contributed by atoms with van der Waals surface area (Å²) < 4.78 is 2.37. The normalized spacial score (nSPS) is 13.6. The Hall–Kier alpha value is -6.64. The third-order valence-corrected chi connectivity index (χ3v) is 11.2. The van der Waals surface area contributed by atoms with Crippen LogP contribution in [0.25, 0.3) is 49.7 Å². The third kappa shape index (κ3) is 3.82. The molecule has 2 heterocycles. The van der Waals surface area contributed by atoms with Crippen molar-refractivity contribution in [2.45, 2.75) is 5.41 Å². The Labute approximate surface area is 297 Å². The fraction of sp³-hybridized carbons (Fsp3) is 0.0204. The van der Waals surface area contributed by atoms with Gasteiger partial charge in [0.2, 0.25) is 0 Å².